The summed E-state index contributed by atoms with van der Waals surface area (Å²) < 4.78 is 1.76. The van der Waals surface area contributed by atoms with Crippen molar-refractivity contribution in [1.82, 2.24) is 20.1 Å². The van der Waals surface area contributed by atoms with Crippen LogP contribution in [0, 0.1) is 0 Å². The lowest BCUT2D eigenvalue weighted by Crippen LogP contribution is -2.14. The van der Waals surface area contributed by atoms with Crippen LogP contribution >= 0.6 is 23.4 Å². The molecule has 6 heteroatoms. The molecule has 4 nitrogen and oxygen atoms in total. The molecule has 1 heterocycles. The number of nitrogens with zero attached hydrogens (tertiary/aromatic N) is 3. The average Bonchev–Trinajstić information content (AvgIpc) is 2.78. The van der Waals surface area contributed by atoms with Gasteiger partial charge in [-0.3, -0.25) is 0 Å². The van der Waals surface area contributed by atoms with E-state index >= 15 is 0 Å². The summed E-state index contributed by atoms with van der Waals surface area (Å²) in [5.74, 6) is 0. The van der Waals surface area contributed by atoms with Gasteiger partial charge < -0.3 is 5.32 Å². The zero-order valence-electron chi connectivity index (χ0n) is 11.1. The van der Waals surface area contributed by atoms with Gasteiger partial charge in [-0.2, -0.15) is 5.10 Å². The van der Waals surface area contributed by atoms with Gasteiger partial charge in [-0.15, -0.1) is 0 Å². The highest BCUT2D eigenvalue weighted by atomic mass is 35.5. The molecule has 1 aromatic heterocycles. The summed E-state index contributed by atoms with van der Waals surface area (Å²) in [7, 11) is 1.88. The molecule has 19 heavy (non-hydrogen) atoms. The Bertz CT molecular complexity index is 541. The molecular formula is C13H17ClN4S. The molecule has 1 N–H and O–H groups in total. The van der Waals surface area contributed by atoms with Crippen LogP contribution in [0.5, 0.6) is 0 Å². The lowest BCUT2D eigenvalue weighted by molar-refractivity contribution is 0.667. The van der Waals surface area contributed by atoms with E-state index in [-0.39, 0.29) is 0 Å². The van der Waals surface area contributed by atoms with Gasteiger partial charge in [-0.25, -0.2) is 9.67 Å². The molecule has 0 saturated carbocycles. The van der Waals surface area contributed by atoms with E-state index in [9.17, 15) is 0 Å². The van der Waals surface area contributed by atoms with Crippen LogP contribution in [0.15, 0.2) is 34.6 Å². The zero-order valence-corrected chi connectivity index (χ0v) is 12.6. The van der Waals surface area contributed by atoms with Gasteiger partial charge in [0, 0.05) is 23.5 Å². The van der Waals surface area contributed by atoms with Crippen molar-refractivity contribution in [1.29, 1.82) is 0 Å². The Morgan fingerprint density at radius 1 is 1.42 bits per heavy atom. The summed E-state index contributed by atoms with van der Waals surface area (Å²) >= 11 is 7.67. The number of aromatic nitrogens is 3. The summed E-state index contributed by atoms with van der Waals surface area (Å²) in [5.41, 5.74) is 1.23. The molecular weight excluding hydrogens is 280 g/mol. The highest BCUT2D eigenvalue weighted by molar-refractivity contribution is 7.99. The molecule has 0 saturated heterocycles. The minimum absolute atomic E-state index is 0.740. The third-order valence-corrected chi connectivity index (χ3v) is 4.03. The molecule has 0 aliphatic heterocycles. The van der Waals surface area contributed by atoms with E-state index < -0.39 is 0 Å². The van der Waals surface area contributed by atoms with E-state index in [1.165, 1.54) is 5.56 Å². The molecule has 0 spiro atoms. The normalized spacial score (nSPS) is 10.9. The van der Waals surface area contributed by atoms with Gasteiger partial charge in [-0.05, 0) is 42.4 Å². The number of hydrogen-bond donors (Lipinski definition) is 1. The summed E-state index contributed by atoms with van der Waals surface area (Å²) in [6, 6.07) is 5.96. The van der Waals surface area contributed by atoms with Crippen LogP contribution in [-0.4, -0.2) is 21.3 Å². The topological polar surface area (TPSA) is 42.7 Å². The van der Waals surface area contributed by atoms with Crippen LogP contribution in [0.25, 0.3) is 0 Å². The third-order valence-electron chi connectivity index (χ3n) is 2.64. The largest absolute Gasteiger partial charge is 0.313 e. The summed E-state index contributed by atoms with van der Waals surface area (Å²) in [6.07, 6.45) is 2.68. The van der Waals surface area contributed by atoms with Gasteiger partial charge in [0.05, 0.1) is 0 Å². The minimum atomic E-state index is 0.740. The molecule has 102 valence electrons. The quantitative estimate of drug-likeness (QED) is 0.832. The minimum Gasteiger partial charge on any atom is -0.313 e. The third kappa shape index (κ3) is 3.96. The maximum atomic E-state index is 6.08. The zero-order chi connectivity index (χ0) is 13.7. The first-order chi connectivity index (χ1) is 9.20. The average molecular weight is 297 g/mol. The second kappa shape index (κ2) is 6.93. The second-order valence-electron chi connectivity index (χ2n) is 4.20. The van der Waals surface area contributed by atoms with Crippen molar-refractivity contribution in [3.05, 3.63) is 35.1 Å². The van der Waals surface area contributed by atoms with Crippen LogP contribution in [0.3, 0.4) is 0 Å². The highest BCUT2D eigenvalue weighted by Crippen LogP contribution is 2.30. The molecule has 0 fully saturated rings. The predicted octanol–water partition coefficient (Wildman–Crippen LogP) is 3.12. The van der Waals surface area contributed by atoms with Crippen LogP contribution < -0.4 is 5.32 Å². The molecule has 0 aliphatic rings. The summed E-state index contributed by atoms with van der Waals surface area (Å²) in [5, 5.41) is 9.08. The maximum Gasteiger partial charge on any atom is 0.190 e. The van der Waals surface area contributed by atoms with E-state index in [0.717, 1.165) is 34.6 Å². The fraction of sp³-hybridized carbons (Fsp3) is 0.385. The number of nitrogens with one attached hydrogen (secondary N) is 1. The van der Waals surface area contributed by atoms with Crippen molar-refractivity contribution in [2.75, 3.05) is 6.54 Å². The molecule has 1 aromatic carbocycles. The van der Waals surface area contributed by atoms with Gasteiger partial charge in [0.25, 0.3) is 0 Å². The Kier molecular flexibility index (Phi) is 5.24. The van der Waals surface area contributed by atoms with Gasteiger partial charge in [0.1, 0.15) is 6.33 Å². The fourth-order valence-corrected chi connectivity index (χ4v) is 2.82. The molecule has 0 unspecified atom stereocenters. The predicted molar refractivity (Wildman–Crippen MR) is 78.6 cm³/mol. The monoisotopic (exact) mass is 296 g/mol. The highest BCUT2D eigenvalue weighted by Gasteiger charge is 2.09. The molecule has 2 aromatic rings. The molecule has 2 rings (SSSR count). The first-order valence-electron chi connectivity index (χ1n) is 6.21. The van der Waals surface area contributed by atoms with Crippen LogP contribution in [0.1, 0.15) is 18.9 Å². The van der Waals surface area contributed by atoms with E-state index in [2.05, 4.69) is 28.4 Å². The Labute approximate surface area is 122 Å². The van der Waals surface area contributed by atoms with Gasteiger partial charge in [0.2, 0.25) is 0 Å². The van der Waals surface area contributed by atoms with Gasteiger partial charge in [-0.1, -0.05) is 24.6 Å². The molecule has 0 atom stereocenters. The van der Waals surface area contributed by atoms with Gasteiger partial charge in [0.15, 0.2) is 5.16 Å². The van der Waals surface area contributed by atoms with Crippen molar-refractivity contribution in [2.24, 2.45) is 7.05 Å². The van der Waals surface area contributed by atoms with E-state index in [1.54, 1.807) is 22.8 Å². The van der Waals surface area contributed by atoms with Crippen LogP contribution in [0.2, 0.25) is 5.02 Å². The van der Waals surface area contributed by atoms with Crippen molar-refractivity contribution in [2.45, 2.75) is 29.9 Å². The Hall–Kier alpha value is -1.04. The fourth-order valence-electron chi connectivity index (χ4n) is 1.65. The SMILES string of the molecule is CCCNCc1ccc(Cl)cc1Sc1ncnn1C. The first-order valence-corrected chi connectivity index (χ1v) is 7.41. The number of aryl methyl sites for hydroxylation is 1. The van der Waals surface area contributed by atoms with Crippen molar-refractivity contribution in [3.63, 3.8) is 0 Å². The molecule has 0 radical (unpaired) electrons. The molecule has 0 amide bonds. The maximum absolute atomic E-state index is 6.08. The van der Waals surface area contributed by atoms with E-state index in [4.69, 9.17) is 11.6 Å². The molecule has 0 bridgehead atoms. The van der Waals surface area contributed by atoms with Crippen molar-refractivity contribution >= 4 is 23.4 Å². The number of hydrogen-bond acceptors (Lipinski definition) is 4. The van der Waals surface area contributed by atoms with Gasteiger partial charge >= 0.3 is 0 Å². The molecule has 0 aliphatic carbocycles. The Balaban J connectivity index is 2.17. The summed E-state index contributed by atoms with van der Waals surface area (Å²) in [4.78, 5) is 5.35. The van der Waals surface area contributed by atoms with Crippen LogP contribution in [-0.2, 0) is 13.6 Å². The standard InChI is InChI=1S/C13H17ClN4S/c1-3-6-15-8-10-4-5-11(14)7-12(10)19-13-16-9-17-18(13)2/h4-5,7,9,15H,3,6,8H2,1-2H3. The van der Waals surface area contributed by atoms with Crippen LogP contribution in [0.4, 0.5) is 0 Å². The number of rotatable bonds is 6. The first kappa shape index (κ1) is 14.4. The van der Waals surface area contributed by atoms with E-state index in [1.807, 2.05) is 19.2 Å². The number of benzene rings is 1. The smallest absolute Gasteiger partial charge is 0.190 e. The van der Waals surface area contributed by atoms with Crippen molar-refractivity contribution in [3.8, 4) is 0 Å². The lowest BCUT2D eigenvalue weighted by atomic mass is 10.2. The Morgan fingerprint density at radius 2 is 2.26 bits per heavy atom. The van der Waals surface area contributed by atoms with E-state index in [0.29, 0.717) is 0 Å². The lowest BCUT2D eigenvalue weighted by Gasteiger charge is -2.10. The Morgan fingerprint density at radius 3 is 2.95 bits per heavy atom. The number of halogens is 1. The second-order valence-corrected chi connectivity index (χ2v) is 5.64. The van der Waals surface area contributed by atoms with Crippen molar-refractivity contribution < 1.29 is 0 Å². The summed E-state index contributed by atoms with van der Waals surface area (Å²) in [6.45, 7) is 4.01.